The lowest BCUT2D eigenvalue weighted by atomic mass is 10.1. The lowest BCUT2D eigenvalue weighted by Crippen LogP contribution is -2.51. The number of nitrogens with zero attached hydrogens (tertiary/aromatic N) is 3. The molecule has 1 saturated heterocycles. The summed E-state index contributed by atoms with van der Waals surface area (Å²) >= 11 is 0. The summed E-state index contributed by atoms with van der Waals surface area (Å²) in [4.78, 5) is 18.3. The molecule has 0 aliphatic carbocycles. The van der Waals surface area contributed by atoms with E-state index in [-0.39, 0.29) is 41.9 Å². The molecule has 1 aliphatic rings. The Morgan fingerprint density at radius 1 is 1.20 bits per heavy atom. The number of aliphatic imine (C=N–C) groups is 1. The normalized spacial score (nSPS) is 16.5. The maximum Gasteiger partial charge on any atom is 0.410 e. The second-order valence-electron chi connectivity index (χ2n) is 8.18. The van der Waals surface area contributed by atoms with Crippen molar-refractivity contribution in [1.82, 2.24) is 19.8 Å². The predicted octanol–water partition coefficient (Wildman–Crippen LogP) is 2.23. The molecule has 11 heteroatoms. The minimum atomic E-state index is -3.12. The Morgan fingerprint density at radius 3 is 2.27 bits per heavy atom. The minimum Gasteiger partial charge on any atom is -0.444 e. The van der Waals surface area contributed by atoms with Crippen molar-refractivity contribution in [2.24, 2.45) is 4.99 Å². The maximum absolute atomic E-state index is 12.3. The highest BCUT2D eigenvalue weighted by Gasteiger charge is 2.27. The molecule has 1 amide bonds. The molecular formula is C19H40IN5O4S. The summed E-state index contributed by atoms with van der Waals surface area (Å²) in [5.74, 6) is 0.794. The fourth-order valence-corrected chi connectivity index (χ4v) is 4.18. The number of hydrogen-bond donors (Lipinski definition) is 2. The van der Waals surface area contributed by atoms with Gasteiger partial charge in [0.25, 0.3) is 0 Å². The molecule has 0 spiro atoms. The average Bonchev–Trinajstić information content (AvgIpc) is 2.65. The molecule has 0 aromatic carbocycles. The summed E-state index contributed by atoms with van der Waals surface area (Å²) < 4.78 is 31.0. The largest absolute Gasteiger partial charge is 0.444 e. The Bertz CT molecular complexity index is 644. The number of nitrogens with one attached hydrogen (secondary N) is 2. The Labute approximate surface area is 199 Å². The number of piperidine rings is 1. The second kappa shape index (κ2) is 13.6. The molecule has 2 N–H and O–H groups in total. The summed E-state index contributed by atoms with van der Waals surface area (Å²) in [6, 6.07) is 0.169. The van der Waals surface area contributed by atoms with Crippen molar-refractivity contribution >= 4 is 46.1 Å². The van der Waals surface area contributed by atoms with Crippen LogP contribution in [0.15, 0.2) is 4.99 Å². The van der Waals surface area contributed by atoms with Gasteiger partial charge in [0.1, 0.15) is 5.60 Å². The van der Waals surface area contributed by atoms with Crippen LogP contribution < -0.4 is 10.6 Å². The zero-order chi connectivity index (χ0) is 22.1. The van der Waals surface area contributed by atoms with E-state index in [1.54, 1.807) is 23.2 Å². The third kappa shape index (κ3) is 10.5. The zero-order valence-corrected chi connectivity index (χ0v) is 22.4. The third-order valence-corrected chi connectivity index (χ3v) is 6.48. The number of amides is 1. The number of sulfonamides is 1. The molecule has 0 aromatic heterocycles. The molecule has 1 fully saturated rings. The fraction of sp³-hybridized carbons (Fsp3) is 0.895. The summed E-state index contributed by atoms with van der Waals surface area (Å²) in [7, 11) is -1.42. The summed E-state index contributed by atoms with van der Waals surface area (Å²) in [6.45, 7) is 12.0. The molecule has 1 aliphatic heterocycles. The van der Waals surface area contributed by atoms with Crippen LogP contribution in [-0.2, 0) is 14.8 Å². The van der Waals surface area contributed by atoms with Crippen LogP contribution >= 0.6 is 24.0 Å². The first kappa shape index (κ1) is 29.2. The minimum absolute atomic E-state index is 0. The highest BCUT2D eigenvalue weighted by molar-refractivity contribution is 14.0. The van der Waals surface area contributed by atoms with E-state index in [9.17, 15) is 13.2 Å². The van der Waals surface area contributed by atoms with Crippen LogP contribution in [0.1, 0.15) is 53.9 Å². The summed E-state index contributed by atoms with van der Waals surface area (Å²) in [5.41, 5.74) is -0.520. The van der Waals surface area contributed by atoms with Gasteiger partial charge in [-0.05, 0) is 47.0 Å². The van der Waals surface area contributed by atoms with Crippen molar-refractivity contribution < 1.29 is 17.9 Å². The van der Waals surface area contributed by atoms with Gasteiger partial charge in [-0.15, -0.1) is 24.0 Å². The van der Waals surface area contributed by atoms with Crippen molar-refractivity contribution in [2.45, 2.75) is 65.5 Å². The smallest absolute Gasteiger partial charge is 0.410 e. The Hall–Kier alpha value is -0.820. The molecular weight excluding hydrogens is 521 g/mol. The first-order valence-corrected chi connectivity index (χ1v) is 12.1. The van der Waals surface area contributed by atoms with Crippen molar-refractivity contribution in [1.29, 1.82) is 0 Å². The third-order valence-electron chi connectivity index (χ3n) is 4.60. The standard InChI is InChI=1S/C19H39N5O4S.HI/c1-7-12-23(18(25)28-19(3,4)5)15-11-21-17(20-6)22-16-9-13-24(14-10-16)29(26,27)8-2;/h16H,7-15H2,1-6H3,(H2,20,21,22);1H. The Balaban J connectivity index is 0.00000841. The van der Waals surface area contributed by atoms with E-state index in [1.165, 1.54) is 0 Å². The van der Waals surface area contributed by atoms with Crippen LogP contribution in [0, 0.1) is 0 Å². The molecule has 0 bridgehead atoms. The van der Waals surface area contributed by atoms with E-state index in [0.29, 0.717) is 38.7 Å². The van der Waals surface area contributed by atoms with Gasteiger partial charge in [-0.3, -0.25) is 4.99 Å². The van der Waals surface area contributed by atoms with Gasteiger partial charge in [0.15, 0.2) is 5.96 Å². The van der Waals surface area contributed by atoms with Crippen molar-refractivity contribution in [3.05, 3.63) is 0 Å². The first-order chi connectivity index (χ1) is 13.5. The van der Waals surface area contributed by atoms with Crippen LogP contribution in [0.4, 0.5) is 4.79 Å². The number of guanidine groups is 1. The maximum atomic E-state index is 12.3. The van der Waals surface area contributed by atoms with Crippen LogP contribution in [-0.4, -0.2) is 86.8 Å². The molecule has 0 unspecified atom stereocenters. The van der Waals surface area contributed by atoms with Crippen molar-refractivity contribution in [2.75, 3.05) is 45.5 Å². The number of halogens is 1. The molecule has 1 heterocycles. The predicted molar refractivity (Wildman–Crippen MR) is 132 cm³/mol. The van der Waals surface area contributed by atoms with Gasteiger partial charge >= 0.3 is 6.09 Å². The average molecular weight is 562 g/mol. The summed E-state index contributed by atoms with van der Waals surface area (Å²) in [5, 5.41) is 6.59. The number of carbonyl (C=O) groups excluding carboxylic acids is 1. The Kier molecular flexibility index (Phi) is 13.2. The van der Waals surface area contributed by atoms with E-state index >= 15 is 0 Å². The quantitative estimate of drug-likeness (QED) is 0.268. The van der Waals surface area contributed by atoms with Gasteiger partial charge < -0.3 is 20.3 Å². The van der Waals surface area contributed by atoms with Crippen LogP contribution in [0.5, 0.6) is 0 Å². The zero-order valence-electron chi connectivity index (χ0n) is 19.2. The lowest BCUT2D eigenvalue weighted by molar-refractivity contribution is 0.0253. The fourth-order valence-electron chi connectivity index (χ4n) is 3.05. The van der Waals surface area contributed by atoms with Crippen LogP contribution in [0.2, 0.25) is 0 Å². The summed E-state index contributed by atoms with van der Waals surface area (Å²) in [6.07, 6.45) is 2.01. The van der Waals surface area contributed by atoms with Gasteiger partial charge in [0.2, 0.25) is 10.0 Å². The van der Waals surface area contributed by atoms with Gasteiger partial charge in [-0.25, -0.2) is 17.5 Å². The molecule has 0 atom stereocenters. The van der Waals surface area contributed by atoms with Crippen molar-refractivity contribution in [3.63, 3.8) is 0 Å². The van der Waals surface area contributed by atoms with Gasteiger partial charge in [0, 0.05) is 45.8 Å². The van der Waals surface area contributed by atoms with E-state index in [2.05, 4.69) is 15.6 Å². The van der Waals surface area contributed by atoms with E-state index < -0.39 is 15.6 Å². The number of rotatable bonds is 8. The topological polar surface area (TPSA) is 103 Å². The molecule has 9 nitrogen and oxygen atoms in total. The van der Waals surface area contributed by atoms with Crippen molar-refractivity contribution in [3.8, 4) is 0 Å². The SMILES string of the molecule is CCCN(CCNC(=NC)NC1CCN(S(=O)(=O)CC)CC1)C(=O)OC(C)(C)C.I. The highest BCUT2D eigenvalue weighted by Crippen LogP contribution is 2.14. The molecule has 0 aromatic rings. The van der Waals surface area contributed by atoms with Gasteiger partial charge in [0.05, 0.1) is 5.75 Å². The van der Waals surface area contributed by atoms with Crippen LogP contribution in [0.3, 0.4) is 0 Å². The van der Waals surface area contributed by atoms with E-state index in [1.807, 2.05) is 27.7 Å². The number of ether oxygens (including phenoxy) is 1. The van der Waals surface area contributed by atoms with E-state index in [4.69, 9.17) is 4.74 Å². The molecule has 30 heavy (non-hydrogen) atoms. The lowest BCUT2D eigenvalue weighted by Gasteiger charge is -2.32. The molecule has 1 rings (SSSR count). The highest BCUT2D eigenvalue weighted by atomic mass is 127. The first-order valence-electron chi connectivity index (χ1n) is 10.4. The molecule has 0 saturated carbocycles. The second-order valence-corrected chi connectivity index (χ2v) is 10.4. The van der Waals surface area contributed by atoms with Crippen LogP contribution in [0.25, 0.3) is 0 Å². The van der Waals surface area contributed by atoms with Gasteiger partial charge in [-0.2, -0.15) is 0 Å². The monoisotopic (exact) mass is 561 g/mol. The number of carbonyl (C=O) groups is 1. The molecule has 178 valence electrons. The molecule has 0 radical (unpaired) electrons. The van der Waals surface area contributed by atoms with Gasteiger partial charge in [-0.1, -0.05) is 6.92 Å². The van der Waals surface area contributed by atoms with E-state index in [0.717, 1.165) is 19.3 Å². The Morgan fingerprint density at radius 2 is 1.80 bits per heavy atom. The number of hydrogen-bond acceptors (Lipinski definition) is 5.